The maximum atomic E-state index is 10.7. The first-order valence-corrected chi connectivity index (χ1v) is 5.62. The Morgan fingerprint density at radius 2 is 2.64 bits per heavy atom. The van der Waals surface area contributed by atoms with Crippen molar-refractivity contribution in [3.63, 3.8) is 0 Å². The largest absolute Gasteiger partial charge is 0.311 e. The lowest BCUT2D eigenvalue weighted by Gasteiger charge is -2.08. The van der Waals surface area contributed by atoms with Gasteiger partial charge in [-0.2, -0.15) is 0 Å². The summed E-state index contributed by atoms with van der Waals surface area (Å²) in [6, 6.07) is -0.121. The Bertz CT molecular complexity index is 156. The van der Waals surface area contributed by atoms with Crippen LogP contribution >= 0.6 is 23.5 Å². The molecule has 0 bridgehead atoms. The fourth-order valence-corrected chi connectivity index (χ4v) is 3.34. The van der Waals surface area contributed by atoms with Gasteiger partial charge in [-0.15, -0.1) is 23.5 Å². The maximum Gasteiger partial charge on any atom is 0.170 e. The van der Waals surface area contributed by atoms with E-state index in [2.05, 4.69) is 12.2 Å². The molecule has 2 atom stereocenters. The third kappa shape index (κ3) is 2.73. The maximum absolute atomic E-state index is 10.7. The van der Waals surface area contributed by atoms with Crippen LogP contribution in [0.15, 0.2) is 0 Å². The quantitative estimate of drug-likeness (QED) is 0.648. The zero-order chi connectivity index (χ0) is 8.27. The van der Waals surface area contributed by atoms with Crippen LogP contribution in [0.3, 0.4) is 0 Å². The molecule has 2 unspecified atom stereocenters. The summed E-state index contributed by atoms with van der Waals surface area (Å²) in [6.07, 6.45) is 0. The van der Waals surface area contributed by atoms with Crippen LogP contribution in [0.5, 0.6) is 0 Å². The van der Waals surface area contributed by atoms with Gasteiger partial charge in [-0.3, -0.25) is 5.32 Å². The summed E-state index contributed by atoms with van der Waals surface area (Å²) >= 11 is 3.56. The van der Waals surface area contributed by atoms with E-state index in [9.17, 15) is 4.79 Å². The predicted molar refractivity (Wildman–Crippen MR) is 52.1 cm³/mol. The monoisotopic (exact) mass is 187 g/mol. The lowest BCUT2D eigenvalue weighted by molar-refractivity contribution is -0.112. The van der Waals surface area contributed by atoms with E-state index in [1.54, 1.807) is 23.5 Å². The summed E-state index contributed by atoms with van der Waals surface area (Å²) in [5, 5.41) is 3.14. The van der Waals surface area contributed by atoms with E-state index in [1.807, 2.05) is 0 Å². The summed E-state index contributed by atoms with van der Waals surface area (Å²) in [5.41, 5.74) is -0.239. The van der Waals surface area contributed by atoms with Crippen LogP contribution in [0.25, 0.3) is 0 Å². The molecule has 0 aromatic rings. The zero-order valence-corrected chi connectivity index (χ0v) is 8.00. The normalized spacial score (nSPS) is 30.6. The Kier molecular flexibility index (Phi) is 3.82. The number of hydrogen-bond donors (Lipinski definition) is 1. The van der Waals surface area contributed by atoms with Crippen molar-refractivity contribution in [2.75, 3.05) is 11.5 Å². The molecule has 1 aliphatic heterocycles. The van der Waals surface area contributed by atoms with Crippen molar-refractivity contribution >= 4 is 37.1 Å². The molecule has 2 radical (unpaired) electrons. The Hall–Kier alpha value is 0.395. The van der Waals surface area contributed by atoms with Crippen molar-refractivity contribution in [2.45, 2.75) is 17.7 Å². The minimum Gasteiger partial charge on any atom is -0.311 e. The number of hydrogen-bond acceptors (Lipinski definition) is 4. The van der Waals surface area contributed by atoms with Gasteiger partial charge in [-0.25, -0.2) is 0 Å². The van der Waals surface area contributed by atoms with E-state index in [-0.39, 0.29) is 11.7 Å². The number of carbonyl (C=O) groups is 1. The van der Waals surface area contributed by atoms with Crippen molar-refractivity contribution in [1.82, 2.24) is 5.32 Å². The van der Waals surface area contributed by atoms with E-state index in [0.29, 0.717) is 4.71 Å². The number of thioether (sulfide) groups is 2. The van der Waals surface area contributed by atoms with Crippen LogP contribution in [-0.2, 0) is 4.79 Å². The van der Waals surface area contributed by atoms with Gasteiger partial charge in [0.05, 0.1) is 11.7 Å². The van der Waals surface area contributed by atoms with Crippen LogP contribution in [0.2, 0.25) is 0 Å². The van der Waals surface area contributed by atoms with Crippen LogP contribution in [-0.4, -0.2) is 35.8 Å². The van der Waals surface area contributed by atoms with Crippen molar-refractivity contribution in [1.29, 1.82) is 0 Å². The molecule has 11 heavy (non-hydrogen) atoms. The second kappa shape index (κ2) is 4.43. The number of carbonyl (C=O) groups excluding carboxylic acids is 1. The van der Waals surface area contributed by atoms with Gasteiger partial charge in [0.25, 0.3) is 0 Å². The highest BCUT2D eigenvalue weighted by Gasteiger charge is 2.26. The highest BCUT2D eigenvalue weighted by atomic mass is 32.2. The van der Waals surface area contributed by atoms with E-state index < -0.39 is 0 Å². The second-order valence-electron chi connectivity index (χ2n) is 2.24. The molecule has 0 spiro atoms. The second-order valence-corrected chi connectivity index (χ2v) is 5.06. The molecule has 0 aromatic heterocycles. The zero-order valence-electron chi connectivity index (χ0n) is 6.37. The highest BCUT2D eigenvalue weighted by molar-refractivity contribution is 8.17. The van der Waals surface area contributed by atoms with Crippen LogP contribution in [0.4, 0.5) is 0 Å². The number of nitrogens with one attached hydrogen (secondary N) is 1. The fourth-order valence-electron chi connectivity index (χ4n) is 0.856. The third-order valence-electron chi connectivity index (χ3n) is 1.41. The molecular formula is C6H10BNOS2. The molecule has 0 amide bonds. The van der Waals surface area contributed by atoms with Crippen LogP contribution in [0, 0.1) is 0 Å². The van der Waals surface area contributed by atoms with E-state index >= 15 is 0 Å². The Morgan fingerprint density at radius 3 is 3.09 bits per heavy atom. The highest BCUT2D eigenvalue weighted by Crippen LogP contribution is 2.27. The molecule has 0 aliphatic carbocycles. The van der Waals surface area contributed by atoms with Crippen molar-refractivity contribution in [3.05, 3.63) is 0 Å². The van der Waals surface area contributed by atoms with Crippen LogP contribution < -0.4 is 5.32 Å². The lowest BCUT2D eigenvalue weighted by atomic mass is 9.96. The minimum atomic E-state index is -0.239. The molecule has 5 heteroatoms. The van der Waals surface area contributed by atoms with Gasteiger partial charge in [-0.1, -0.05) is 6.92 Å². The summed E-state index contributed by atoms with van der Waals surface area (Å²) in [6.45, 7) is 2.10. The average molecular weight is 187 g/mol. The van der Waals surface area contributed by atoms with E-state index in [4.69, 9.17) is 7.85 Å². The number of rotatable bonds is 3. The Morgan fingerprint density at radius 1 is 1.91 bits per heavy atom. The fraction of sp³-hybridized carbons (Fsp3) is 0.833. The molecule has 1 aliphatic rings. The van der Waals surface area contributed by atoms with Gasteiger partial charge < -0.3 is 4.79 Å². The van der Waals surface area contributed by atoms with Gasteiger partial charge >= 0.3 is 0 Å². The third-order valence-corrected chi connectivity index (χ3v) is 3.97. The molecule has 1 rings (SSSR count). The average Bonchev–Trinajstić information content (AvgIpc) is 2.37. The van der Waals surface area contributed by atoms with Gasteiger partial charge in [0, 0.05) is 5.75 Å². The smallest absolute Gasteiger partial charge is 0.170 e. The van der Waals surface area contributed by atoms with Crippen LogP contribution in [0.1, 0.15) is 6.92 Å². The molecule has 60 valence electrons. The standard InChI is InChI=1S/C6H10BNOS2/c1-2-10-6-8-4(3-11-6)5(7)9/h4,6,8H,2-3H2,1H3. The van der Waals surface area contributed by atoms with Gasteiger partial charge in [0.15, 0.2) is 7.85 Å². The molecule has 2 nitrogen and oxygen atoms in total. The van der Waals surface area contributed by atoms with Crippen molar-refractivity contribution in [3.8, 4) is 0 Å². The summed E-state index contributed by atoms with van der Waals surface area (Å²) in [4.78, 5) is 10.7. The Balaban J connectivity index is 2.29. The van der Waals surface area contributed by atoms with Crippen molar-refractivity contribution < 1.29 is 4.79 Å². The van der Waals surface area contributed by atoms with Crippen molar-refractivity contribution in [2.24, 2.45) is 0 Å². The van der Waals surface area contributed by atoms with Gasteiger partial charge in [0.1, 0.15) is 4.71 Å². The van der Waals surface area contributed by atoms with Gasteiger partial charge in [-0.05, 0) is 5.75 Å². The van der Waals surface area contributed by atoms with E-state index in [0.717, 1.165) is 11.5 Å². The molecule has 1 N–H and O–H groups in total. The first-order chi connectivity index (χ1) is 5.24. The molecule has 0 saturated carbocycles. The van der Waals surface area contributed by atoms with Gasteiger partial charge in [0.2, 0.25) is 0 Å². The molecular weight excluding hydrogens is 177 g/mol. The first kappa shape index (κ1) is 9.48. The molecule has 1 heterocycles. The summed E-state index contributed by atoms with van der Waals surface area (Å²) in [7, 11) is 5.13. The summed E-state index contributed by atoms with van der Waals surface area (Å²) in [5.74, 6) is 1.88. The molecule has 1 saturated heterocycles. The SMILES string of the molecule is [B]C(=O)C1CSC(SCC)N1. The van der Waals surface area contributed by atoms with E-state index in [1.165, 1.54) is 0 Å². The lowest BCUT2D eigenvalue weighted by Crippen LogP contribution is -2.35. The predicted octanol–water partition coefficient (Wildman–Crippen LogP) is 0.423. The first-order valence-electron chi connectivity index (χ1n) is 3.52. The molecule has 0 aromatic carbocycles. The topological polar surface area (TPSA) is 29.1 Å². The molecule has 1 fully saturated rings. The Labute approximate surface area is 76.7 Å². The minimum absolute atomic E-state index is 0.121. The summed E-state index contributed by atoms with van der Waals surface area (Å²) < 4.78 is 0.359.